The van der Waals surface area contributed by atoms with Crippen molar-refractivity contribution in [3.05, 3.63) is 52.9 Å². The van der Waals surface area contributed by atoms with Crippen LogP contribution in [0.25, 0.3) is 0 Å². The van der Waals surface area contributed by atoms with E-state index in [0.717, 1.165) is 31.4 Å². The molecule has 1 amide bonds. The van der Waals surface area contributed by atoms with Crippen LogP contribution in [0.4, 0.5) is 4.39 Å². The monoisotopic (exact) mass is 504 g/mol. The highest BCUT2D eigenvalue weighted by molar-refractivity contribution is 7.80. The second-order valence-electron chi connectivity index (χ2n) is 9.07. The van der Waals surface area contributed by atoms with Crippen molar-refractivity contribution in [2.24, 2.45) is 0 Å². The van der Waals surface area contributed by atoms with E-state index in [9.17, 15) is 9.18 Å². The second-order valence-corrected chi connectivity index (χ2v) is 9.33. The highest BCUT2D eigenvalue weighted by Crippen LogP contribution is 2.39. The molecule has 8 heteroatoms. The van der Waals surface area contributed by atoms with Crippen molar-refractivity contribution in [2.75, 3.05) is 46.8 Å². The minimum Gasteiger partial charge on any atom is -0.493 e. The van der Waals surface area contributed by atoms with E-state index in [4.69, 9.17) is 14.2 Å². The number of likely N-dealkylation sites (tertiary alicyclic amines) is 1. The third-order valence-corrected chi connectivity index (χ3v) is 6.72. The Kier molecular flexibility index (Phi) is 10.1. The summed E-state index contributed by atoms with van der Waals surface area (Å²) in [4.78, 5) is 17.9. The number of benzene rings is 1. The molecule has 1 aromatic carbocycles. The molecule has 0 spiro atoms. The molecule has 3 rings (SSSR count). The third-order valence-electron chi connectivity index (χ3n) is 6.59. The Morgan fingerprint density at radius 2 is 2.06 bits per heavy atom. The number of methoxy groups -OCH3 is 2. The lowest BCUT2D eigenvalue weighted by molar-refractivity contribution is 0.0756. The topological polar surface area (TPSA) is 51.2 Å². The largest absolute Gasteiger partial charge is 0.493 e. The van der Waals surface area contributed by atoms with Crippen LogP contribution in [-0.2, 0) is 0 Å². The van der Waals surface area contributed by atoms with Gasteiger partial charge in [0.2, 0.25) is 5.75 Å². The van der Waals surface area contributed by atoms with Gasteiger partial charge in [0.1, 0.15) is 11.8 Å². The maximum atomic E-state index is 14.3. The number of ether oxygens (including phenoxy) is 3. The number of allylic oxidation sites excluding steroid dienone is 5. The van der Waals surface area contributed by atoms with E-state index in [1.54, 1.807) is 12.1 Å². The molecule has 2 aliphatic rings. The van der Waals surface area contributed by atoms with Gasteiger partial charge in [0.25, 0.3) is 5.91 Å². The van der Waals surface area contributed by atoms with Gasteiger partial charge in [0.15, 0.2) is 11.5 Å². The molecule has 6 nitrogen and oxygen atoms in total. The third kappa shape index (κ3) is 7.04. The first kappa shape index (κ1) is 27.1. The number of thiol groups is 1. The molecular formula is C27H37FN2O4S. The summed E-state index contributed by atoms with van der Waals surface area (Å²) in [5, 5.41) is 0. The van der Waals surface area contributed by atoms with Gasteiger partial charge >= 0.3 is 0 Å². The lowest BCUT2D eigenvalue weighted by Crippen LogP contribution is -2.37. The number of halogens is 1. The number of carbonyl (C=O) groups excluding carboxylic acids is 1. The predicted octanol–water partition coefficient (Wildman–Crippen LogP) is 5.42. The number of carbonyl (C=O) groups is 1. The Balaban J connectivity index is 1.89. The molecular weight excluding hydrogens is 467 g/mol. The van der Waals surface area contributed by atoms with Gasteiger partial charge in [-0.15, -0.1) is 12.6 Å². The Morgan fingerprint density at radius 3 is 2.69 bits per heavy atom. The fourth-order valence-electron chi connectivity index (χ4n) is 4.71. The molecule has 0 unspecified atom stereocenters. The van der Waals surface area contributed by atoms with Gasteiger partial charge < -0.3 is 24.0 Å². The standard InChI is InChI=1S/C27H37FN2O4S/c1-19(14-20-8-5-6-10-23(20)28)17-30(13-11-22-9-7-12-29(22)2)27(31)21-15-24(32-3)26(33-4)25(16-21)34-18-35/h5,8,14-16,22,35H,6-7,9-13,17-18H2,1-4H3/b19-14+/t22-/m1/s1. The molecule has 1 saturated heterocycles. The second kappa shape index (κ2) is 13.0. The molecule has 0 saturated carbocycles. The van der Waals surface area contributed by atoms with E-state index >= 15 is 0 Å². The molecule has 0 N–H and O–H groups in total. The van der Waals surface area contributed by atoms with E-state index in [0.29, 0.717) is 53.9 Å². The average molecular weight is 505 g/mol. The Hall–Kier alpha value is -2.45. The lowest BCUT2D eigenvalue weighted by atomic mass is 10.0. The first-order valence-corrected chi connectivity index (χ1v) is 12.7. The van der Waals surface area contributed by atoms with Crippen LogP contribution in [0.15, 0.2) is 47.3 Å². The van der Waals surface area contributed by atoms with Crippen molar-refractivity contribution >= 4 is 18.5 Å². The molecule has 1 fully saturated rings. The van der Waals surface area contributed by atoms with Crippen molar-refractivity contribution in [3.8, 4) is 17.2 Å². The van der Waals surface area contributed by atoms with E-state index in [2.05, 4.69) is 24.6 Å². The fourth-order valence-corrected chi connectivity index (χ4v) is 4.85. The summed E-state index contributed by atoms with van der Waals surface area (Å²) in [6.45, 7) is 4.01. The summed E-state index contributed by atoms with van der Waals surface area (Å²) in [5.41, 5.74) is 1.95. The lowest BCUT2D eigenvalue weighted by Gasteiger charge is -2.27. The van der Waals surface area contributed by atoms with Gasteiger partial charge in [-0.3, -0.25) is 4.79 Å². The average Bonchev–Trinajstić information content (AvgIpc) is 3.26. The predicted molar refractivity (Wildman–Crippen MR) is 140 cm³/mol. The molecule has 0 radical (unpaired) electrons. The Morgan fingerprint density at radius 1 is 1.29 bits per heavy atom. The highest BCUT2D eigenvalue weighted by atomic mass is 32.1. The summed E-state index contributed by atoms with van der Waals surface area (Å²) in [6.07, 6.45) is 9.96. The summed E-state index contributed by atoms with van der Waals surface area (Å²) in [5.74, 6) is 1.11. The maximum Gasteiger partial charge on any atom is 0.254 e. The van der Waals surface area contributed by atoms with Gasteiger partial charge in [-0.2, -0.15) is 0 Å². The molecule has 1 aliphatic carbocycles. The fraction of sp³-hybridized carbons (Fsp3) is 0.519. The van der Waals surface area contributed by atoms with Crippen molar-refractivity contribution < 1.29 is 23.4 Å². The van der Waals surface area contributed by atoms with Crippen molar-refractivity contribution in [1.29, 1.82) is 0 Å². The minimum atomic E-state index is -0.142. The zero-order valence-electron chi connectivity index (χ0n) is 21.2. The summed E-state index contributed by atoms with van der Waals surface area (Å²) in [7, 11) is 5.18. The molecule has 1 atom stereocenters. The van der Waals surface area contributed by atoms with Crippen LogP contribution in [-0.4, -0.2) is 68.6 Å². The maximum absolute atomic E-state index is 14.3. The number of amides is 1. The Bertz CT molecular complexity index is 992. The number of nitrogens with zero attached hydrogens (tertiary/aromatic N) is 2. The summed E-state index contributed by atoms with van der Waals surface area (Å²) < 4.78 is 30.8. The number of hydrogen-bond donors (Lipinski definition) is 1. The molecule has 35 heavy (non-hydrogen) atoms. The first-order chi connectivity index (χ1) is 16.9. The first-order valence-electron chi connectivity index (χ1n) is 12.1. The highest BCUT2D eigenvalue weighted by Gasteiger charge is 2.25. The summed E-state index contributed by atoms with van der Waals surface area (Å²) >= 11 is 4.15. The van der Waals surface area contributed by atoms with Crippen LogP contribution in [0.1, 0.15) is 49.4 Å². The molecule has 0 bridgehead atoms. The van der Waals surface area contributed by atoms with Crippen LogP contribution in [0.2, 0.25) is 0 Å². The van der Waals surface area contributed by atoms with E-state index in [1.165, 1.54) is 20.6 Å². The van der Waals surface area contributed by atoms with Crippen LogP contribution in [0.3, 0.4) is 0 Å². The van der Waals surface area contributed by atoms with Crippen molar-refractivity contribution in [2.45, 2.75) is 45.1 Å². The molecule has 0 aromatic heterocycles. The van der Waals surface area contributed by atoms with Crippen molar-refractivity contribution in [3.63, 3.8) is 0 Å². The van der Waals surface area contributed by atoms with Gasteiger partial charge in [-0.25, -0.2) is 4.39 Å². The SMILES string of the molecule is COc1cc(C(=O)N(CC[C@H]2CCCN2C)C/C(C)=C/C2=C(F)CCC=C2)cc(OCS)c1OC. The molecule has 1 heterocycles. The van der Waals surface area contributed by atoms with Crippen molar-refractivity contribution in [1.82, 2.24) is 9.80 Å². The van der Waals surface area contributed by atoms with E-state index < -0.39 is 0 Å². The zero-order valence-corrected chi connectivity index (χ0v) is 22.1. The molecule has 1 aliphatic heterocycles. The normalized spacial score (nSPS) is 18.7. The molecule has 192 valence electrons. The van der Waals surface area contributed by atoms with Crippen LogP contribution in [0, 0.1) is 0 Å². The smallest absolute Gasteiger partial charge is 0.254 e. The van der Waals surface area contributed by atoms with Crippen LogP contribution in [0.5, 0.6) is 17.2 Å². The quantitative estimate of drug-likeness (QED) is 0.322. The van der Waals surface area contributed by atoms with Gasteiger partial charge in [-0.05, 0) is 58.3 Å². The van der Waals surface area contributed by atoms with Gasteiger partial charge in [0.05, 0.1) is 14.2 Å². The van der Waals surface area contributed by atoms with Gasteiger partial charge in [0, 0.05) is 36.7 Å². The van der Waals surface area contributed by atoms with E-state index in [1.807, 2.05) is 30.1 Å². The Labute approximate surface area is 213 Å². The minimum absolute atomic E-state index is 0.106. The van der Waals surface area contributed by atoms with Gasteiger partial charge in [-0.1, -0.05) is 23.8 Å². The van der Waals surface area contributed by atoms with Crippen LogP contribution >= 0.6 is 12.6 Å². The summed E-state index contributed by atoms with van der Waals surface area (Å²) in [6, 6.07) is 3.79. The molecule has 1 aromatic rings. The number of hydrogen-bond acceptors (Lipinski definition) is 6. The van der Waals surface area contributed by atoms with E-state index in [-0.39, 0.29) is 17.7 Å². The van der Waals surface area contributed by atoms with Crippen LogP contribution < -0.4 is 14.2 Å². The zero-order chi connectivity index (χ0) is 25.4. The number of rotatable bonds is 11.